The smallest absolute Gasteiger partial charge is 0.323 e. The molecule has 3 N–H and O–H groups in total. The molecular formula is C15H15ClN4O. The Balaban J connectivity index is 0.00000161. The second-order valence-corrected chi connectivity index (χ2v) is 4.58. The lowest BCUT2D eigenvalue weighted by molar-refractivity contribution is 0.262. The van der Waals surface area contributed by atoms with E-state index in [0.29, 0.717) is 5.69 Å². The van der Waals surface area contributed by atoms with Gasteiger partial charge in [-0.3, -0.25) is 4.98 Å². The van der Waals surface area contributed by atoms with E-state index in [9.17, 15) is 4.79 Å². The van der Waals surface area contributed by atoms with Crippen LogP contribution in [0.25, 0.3) is 10.9 Å². The van der Waals surface area contributed by atoms with E-state index < -0.39 is 0 Å². The van der Waals surface area contributed by atoms with E-state index >= 15 is 0 Å². The molecule has 0 bridgehead atoms. The molecule has 0 aliphatic carbocycles. The van der Waals surface area contributed by atoms with E-state index in [0.717, 1.165) is 22.3 Å². The average Bonchev–Trinajstić information content (AvgIpc) is 2.79. The Hall–Kier alpha value is -2.53. The van der Waals surface area contributed by atoms with Crippen molar-refractivity contribution >= 4 is 40.7 Å². The number of anilines is 2. The minimum absolute atomic E-state index is 0. The lowest BCUT2D eigenvalue weighted by Crippen LogP contribution is -2.19. The number of hydrogen-bond donors (Lipinski definition) is 3. The minimum atomic E-state index is -0.287. The summed E-state index contributed by atoms with van der Waals surface area (Å²) in [6, 6.07) is 11.0. The number of aromatic amines is 1. The van der Waals surface area contributed by atoms with Gasteiger partial charge in [-0.05, 0) is 43.3 Å². The van der Waals surface area contributed by atoms with Gasteiger partial charge in [-0.25, -0.2) is 4.79 Å². The number of aryl methyl sites for hydroxylation is 1. The van der Waals surface area contributed by atoms with Crippen LogP contribution in [0.5, 0.6) is 0 Å². The number of fused-ring (bicyclic) bond motifs is 1. The van der Waals surface area contributed by atoms with Gasteiger partial charge >= 0.3 is 6.03 Å². The molecule has 3 rings (SSSR count). The molecule has 5 nitrogen and oxygen atoms in total. The SMILES string of the molecule is Cc1cc2cc(NC(=O)Nc3cccnc3)ccc2[nH]1.Cl. The maximum Gasteiger partial charge on any atom is 0.323 e. The van der Waals surface area contributed by atoms with Crippen molar-refractivity contribution in [1.82, 2.24) is 9.97 Å². The number of carbonyl (C=O) groups is 1. The van der Waals surface area contributed by atoms with Gasteiger partial charge in [-0.1, -0.05) is 0 Å². The van der Waals surface area contributed by atoms with Crippen LogP contribution in [0.3, 0.4) is 0 Å². The van der Waals surface area contributed by atoms with Crippen molar-refractivity contribution in [2.45, 2.75) is 6.92 Å². The first kappa shape index (κ1) is 14.9. The number of carbonyl (C=O) groups excluding carboxylic acids is 1. The Labute approximate surface area is 128 Å². The molecule has 6 heteroatoms. The molecule has 2 heterocycles. The fourth-order valence-corrected chi connectivity index (χ4v) is 2.09. The molecular weight excluding hydrogens is 288 g/mol. The number of H-pyrrole nitrogens is 1. The summed E-state index contributed by atoms with van der Waals surface area (Å²) in [7, 11) is 0. The van der Waals surface area contributed by atoms with Gasteiger partial charge in [0.2, 0.25) is 0 Å². The second kappa shape index (κ2) is 6.28. The standard InChI is InChI=1S/C15H14N4O.ClH/c1-10-7-11-8-12(4-5-14(11)17-10)18-15(20)19-13-3-2-6-16-9-13;/h2-9,17H,1H3,(H2,18,19,20);1H. The maximum atomic E-state index is 11.9. The van der Waals surface area contributed by atoms with Crippen molar-refractivity contribution in [3.05, 3.63) is 54.5 Å². The molecule has 0 saturated carbocycles. The number of aromatic nitrogens is 2. The zero-order valence-corrected chi connectivity index (χ0v) is 12.2. The molecule has 2 aromatic heterocycles. The van der Waals surface area contributed by atoms with Crippen molar-refractivity contribution in [3.63, 3.8) is 0 Å². The van der Waals surface area contributed by atoms with Crippen LogP contribution in [-0.2, 0) is 0 Å². The van der Waals surface area contributed by atoms with E-state index in [1.807, 2.05) is 31.2 Å². The maximum absolute atomic E-state index is 11.9. The number of benzene rings is 1. The molecule has 0 aliphatic heterocycles. The molecule has 21 heavy (non-hydrogen) atoms. The molecule has 0 fully saturated rings. The third kappa shape index (κ3) is 3.52. The van der Waals surface area contributed by atoms with Crippen LogP contribution in [0.15, 0.2) is 48.8 Å². The Morgan fingerprint density at radius 3 is 2.71 bits per heavy atom. The summed E-state index contributed by atoms with van der Waals surface area (Å²) in [4.78, 5) is 19.0. The van der Waals surface area contributed by atoms with Crippen LogP contribution in [-0.4, -0.2) is 16.0 Å². The van der Waals surface area contributed by atoms with Crippen molar-refractivity contribution in [2.24, 2.45) is 0 Å². The van der Waals surface area contributed by atoms with E-state index in [4.69, 9.17) is 0 Å². The van der Waals surface area contributed by atoms with Crippen molar-refractivity contribution in [2.75, 3.05) is 10.6 Å². The first-order valence-corrected chi connectivity index (χ1v) is 6.28. The normalized spacial score (nSPS) is 9.95. The lowest BCUT2D eigenvalue weighted by atomic mass is 10.2. The number of urea groups is 1. The summed E-state index contributed by atoms with van der Waals surface area (Å²) in [6.07, 6.45) is 3.25. The molecule has 1 aromatic carbocycles. The van der Waals surface area contributed by atoms with E-state index in [2.05, 4.69) is 20.6 Å². The van der Waals surface area contributed by atoms with Gasteiger partial charge in [0, 0.05) is 28.5 Å². The fraction of sp³-hybridized carbons (Fsp3) is 0.0667. The second-order valence-electron chi connectivity index (χ2n) is 4.58. The van der Waals surface area contributed by atoms with Gasteiger partial charge in [0.05, 0.1) is 11.9 Å². The number of nitrogens with zero attached hydrogens (tertiary/aromatic N) is 1. The highest BCUT2D eigenvalue weighted by Crippen LogP contribution is 2.20. The van der Waals surface area contributed by atoms with E-state index in [-0.39, 0.29) is 18.4 Å². The van der Waals surface area contributed by atoms with E-state index in [1.54, 1.807) is 24.5 Å². The van der Waals surface area contributed by atoms with Crippen LogP contribution in [0, 0.1) is 6.92 Å². The third-order valence-electron chi connectivity index (χ3n) is 2.93. The predicted molar refractivity (Wildman–Crippen MR) is 87.2 cm³/mol. The lowest BCUT2D eigenvalue weighted by Gasteiger charge is -2.07. The van der Waals surface area contributed by atoms with Gasteiger partial charge in [-0.15, -0.1) is 12.4 Å². The summed E-state index contributed by atoms with van der Waals surface area (Å²) < 4.78 is 0. The Morgan fingerprint density at radius 2 is 1.95 bits per heavy atom. The van der Waals surface area contributed by atoms with Crippen LogP contribution in [0.4, 0.5) is 16.2 Å². The monoisotopic (exact) mass is 302 g/mol. The van der Waals surface area contributed by atoms with Crippen LogP contribution < -0.4 is 10.6 Å². The van der Waals surface area contributed by atoms with Crippen molar-refractivity contribution < 1.29 is 4.79 Å². The third-order valence-corrected chi connectivity index (χ3v) is 2.93. The Morgan fingerprint density at radius 1 is 1.14 bits per heavy atom. The number of halogens is 1. The van der Waals surface area contributed by atoms with Crippen molar-refractivity contribution in [1.29, 1.82) is 0 Å². The fourth-order valence-electron chi connectivity index (χ4n) is 2.09. The minimum Gasteiger partial charge on any atom is -0.359 e. The van der Waals surface area contributed by atoms with Gasteiger partial charge < -0.3 is 15.6 Å². The highest BCUT2D eigenvalue weighted by atomic mass is 35.5. The van der Waals surface area contributed by atoms with E-state index in [1.165, 1.54) is 0 Å². The summed E-state index contributed by atoms with van der Waals surface area (Å²) >= 11 is 0. The highest BCUT2D eigenvalue weighted by Gasteiger charge is 2.04. The highest BCUT2D eigenvalue weighted by molar-refractivity contribution is 6.00. The van der Waals surface area contributed by atoms with Crippen LogP contribution >= 0.6 is 12.4 Å². The van der Waals surface area contributed by atoms with Gasteiger partial charge in [0.1, 0.15) is 0 Å². The summed E-state index contributed by atoms with van der Waals surface area (Å²) in [5, 5.41) is 6.59. The van der Waals surface area contributed by atoms with Crippen LogP contribution in [0.1, 0.15) is 5.69 Å². The quantitative estimate of drug-likeness (QED) is 0.671. The molecule has 0 aliphatic rings. The molecule has 108 valence electrons. The number of hydrogen-bond acceptors (Lipinski definition) is 2. The molecule has 0 spiro atoms. The van der Waals surface area contributed by atoms with Gasteiger partial charge in [0.15, 0.2) is 0 Å². The largest absolute Gasteiger partial charge is 0.359 e. The summed E-state index contributed by atoms with van der Waals surface area (Å²) in [5.41, 5.74) is 3.55. The van der Waals surface area contributed by atoms with Gasteiger partial charge in [0.25, 0.3) is 0 Å². The zero-order chi connectivity index (χ0) is 13.9. The molecule has 0 radical (unpaired) electrons. The Kier molecular flexibility index (Phi) is 4.45. The molecule has 0 atom stereocenters. The predicted octanol–water partition coefficient (Wildman–Crippen LogP) is 3.94. The number of nitrogens with one attached hydrogen (secondary N) is 3. The van der Waals surface area contributed by atoms with Crippen LogP contribution in [0.2, 0.25) is 0 Å². The first-order chi connectivity index (χ1) is 9.70. The number of pyridine rings is 1. The zero-order valence-electron chi connectivity index (χ0n) is 11.4. The number of amides is 2. The van der Waals surface area contributed by atoms with Crippen molar-refractivity contribution in [3.8, 4) is 0 Å². The molecule has 0 saturated heterocycles. The first-order valence-electron chi connectivity index (χ1n) is 6.28. The topological polar surface area (TPSA) is 69.8 Å². The van der Waals surface area contributed by atoms with Gasteiger partial charge in [-0.2, -0.15) is 0 Å². The molecule has 0 unspecified atom stereocenters. The summed E-state index contributed by atoms with van der Waals surface area (Å²) in [5.74, 6) is 0. The Bertz CT molecular complexity index is 755. The number of rotatable bonds is 2. The molecule has 2 amide bonds. The summed E-state index contributed by atoms with van der Waals surface area (Å²) in [6.45, 7) is 2.00. The molecule has 3 aromatic rings. The average molecular weight is 303 g/mol.